The number of nitrogens with zero attached hydrogens (tertiary/aromatic N) is 3. The van der Waals surface area contributed by atoms with Crippen LogP contribution in [0, 0.1) is 13.8 Å². The van der Waals surface area contributed by atoms with Crippen molar-refractivity contribution in [3.63, 3.8) is 0 Å². The first-order valence-electron chi connectivity index (χ1n) is 10.2. The molecule has 1 saturated heterocycles. The van der Waals surface area contributed by atoms with Gasteiger partial charge in [0.05, 0.1) is 0 Å². The first-order chi connectivity index (χ1) is 13.3. The Kier molecular flexibility index (Phi) is 6.62. The average molecular weight is 409 g/mol. The molecule has 0 atom stereocenters. The molecular formula is C20H32N4O3S. The number of rotatable bonds is 4. The Balaban J connectivity index is 1.57. The second kappa shape index (κ2) is 8.80. The molecule has 1 N–H and O–H groups in total. The third-order valence-corrected chi connectivity index (χ3v) is 7.98. The van der Waals surface area contributed by atoms with Crippen LogP contribution in [0.25, 0.3) is 0 Å². The van der Waals surface area contributed by atoms with E-state index in [1.165, 1.54) is 10.7 Å². The molecule has 156 valence electrons. The van der Waals surface area contributed by atoms with E-state index in [-0.39, 0.29) is 12.1 Å². The maximum Gasteiger partial charge on any atom is 0.321 e. The van der Waals surface area contributed by atoms with Crippen molar-refractivity contribution in [1.82, 2.24) is 13.5 Å². The van der Waals surface area contributed by atoms with E-state index in [0.29, 0.717) is 26.2 Å². The number of hydrogen-bond acceptors (Lipinski definition) is 3. The van der Waals surface area contributed by atoms with E-state index in [2.05, 4.69) is 5.32 Å². The molecule has 0 spiro atoms. The van der Waals surface area contributed by atoms with Crippen LogP contribution in [-0.4, -0.2) is 67.2 Å². The van der Waals surface area contributed by atoms with E-state index in [9.17, 15) is 13.2 Å². The molecule has 0 aromatic heterocycles. The Hall–Kier alpha value is -1.64. The zero-order chi connectivity index (χ0) is 20.3. The van der Waals surface area contributed by atoms with Gasteiger partial charge in [-0.2, -0.15) is 17.0 Å². The maximum absolute atomic E-state index is 13.0. The minimum Gasteiger partial charge on any atom is -0.322 e. The van der Waals surface area contributed by atoms with Gasteiger partial charge in [0.15, 0.2) is 0 Å². The van der Waals surface area contributed by atoms with Crippen molar-refractivity contribution in [2.45, 2.75) is 52.0 Å². The molecule has 2 fully saturated rings. The number of amides is 2. The lowest BCUT2D eigenvalue weighted by atomic mass is 9.96. The molecule has 28 heavy (non-hydrogen) atoms. The summed E-state index contributed by atoms with van der Waals surface area (Å²) < 4.78 is 29.0. The van der Waals surface area contributed by atoms with Gasteiger partial charge >= 0.3 is 6.03 Å². The summed E-state index contributed by atoms with van der Waals surface area (Å²) in [5.41, 5.74) is 2.90. The van der Waals surface area contributed by atoms with Gasteiger partial charge in [-0.3, -0.25) is 0 Å². The van der Waals surface area contributed by atoms with Crippen molar-refractivity contribution in [2.75, 3.05) is 38.5 Å². The molecule has 0 bridgehead atoms. The maximum atomic E-state index is 13.0. The Labute approximate surface area is 168 Å². The molecule has 7 nitrogen and oxygen atoms in total. The third kappa shape index (κ3) is 4.67. The Morgan fingerprint density at radius 2 is 1.71 bits per heavy atom. The molecule has 0 radical (unpaired) electrons. The summed E-state index contributed by atoms with van der Waals surface area (Å²) in [6.07, 6.45) is 5.26. The van der Waals surface area contributed by atoms with Gasteiger partial charge in [-0.05, 0) is 43.9 Å². The summed E-state index contributed by atoms with van der Waals surface area (Å²) in [5, 5.41) is 2.96. The van der Waals surface area contributed by atoms with Crippen LogP contribution in [0.3, 0.4) is 0 Å². The summed E-state index contributed by atoms with van der Waals surface area (Å²) in [7, 11) is -1.77. The van der Waals surface area contributed by atoms with E-state index in [1.807, 2.05) is 32.0 Å². The van der Waals surface area contributed by atoms with Crippen molar-refractivity contribution in [1.29, 1.82) is 0 Å². The lowest BCUT2D eigenvalue weighted by Crippen LogP contribution is -2.55. The second-order valence-corrected chi connectivity index (χ2v) is 9.94. The number of anilines is 1. The van der Waals surface area contributed by atoms with Crippen molar-refractivity contribution < 1.29 is 13.2 Å². The zero-order valence-corrected chi connectivity index (χ0v) is 18.0. The molecule has 0 unspecified atom stereocenters. The molecule has 1 aliphatic heterocycles. The average Bonchev–Trinajstić information content (AvgIpc) is 2.71. The van der Waals surface area contributed by atoms with E-state index < -0.39 is 10.2 Å². The van der Waals surface area contributed by atoms with Crippen LogP contribution in [0.5, 0.6) is 0 Å². The number of carbonyl (C=O) groups is 1. The summed E-state index contributed by atoms with van der Waals surface area (Å²) in [6.45, 7) is 5.41. The fourth-order valence-corrected chi connectivity index (χ4v) is 5.58. The van der Waals surface area contributed by atoms with E-state index in [4.69, 9.17) is 0 Å². The number of hydrogen-bond donors (Lipinski definition) is 1. The number of urea groups is 1. The first kappa shape index (κ1) is 21.1. The highest BCUT2D eigenvalue weighted by Gasteiger charge is 2.35. The molecule has 1 saturated carbocycles. The molecule has 2 amide bonds. The third-order valence-electron chi connectivity index (χ3n) is 5.94. The predicted molar refractivity (Wildman–Crippen MR) is 112 cm³/mol. The Morgan fingerprint density at radius 3 is 2.36 bits per heavy atom. The molecule has 1 aliphatic carbocycles. The number of piperazine rings is 1. The first-order valence-corrected chi connectivity index (χ1v) is 11.5. The standard InChI is InChI=1S/C20H32N4O3S/c1-16-9-10-17(2)19(15-16)21-20(25)23-11-13-24(14-12-23)28(26,27)22(3)18-7-5-4-6-8-18/h9-10,15,18H,4-8,11-14H2,1-3H3,(H,21,25). The highest BCUT2D eigenvalue weighted by atomic mass is 32.2. The van der Waals surface area contributed by atoms with Crippen LogP contribution in [0.2, 0.25) is 0 Å². The van der Waals surface area contributed by atoms with Gasteiger partial charge in [-0.15, -0.1) is 0 Å². The quantitative estimate of drug-likeness (QED) is 0.832. The lowest BCUT2D eigenvalue weighted by Gasteiger charge is -2.38. The highest BCUT2D eigenvalue weighted by molar-refractivity contribution is 7.86. The van der Waals surface area contributed by atoms with Crippen molar-refractivity contribution >= 4 is 21.9 Å². The molecule has 1 aromatic carbocycles. The van der Waals surface area contributed by atoms with Gasteiger partial charge < -0.3 is 10.2 Å². The smallest absolute Gasteiger partial charge is 0.321 e. The SMILES string of the molecule is Cc1ccc(C)c(NC(=O)N2CCN(S(=O)(=O)N(C)C3CCCCC3)CC2)c1. The van der Waals surface area contributed by atoms with Gasteiger partial charge in [0.1, 0.15) is 0 Å². The predicted octanol–water partition coefficient (Wildman–Crippen LogP) is 2.96. The Bertz CT molecular complexity index is 798. The number of benzene rings is 1. The zero-order valence-electron chi connectivity index (χ0n) is 17.1. The number of aryl methyl sites for hydroxylation is 2. The second-order valence-electron chi connectivity index (χ2n) is 7.95. The van der Waals surface area contributed by atoms with Gasteiger partial charge in [0.25, 0.3) is 10.2 Å². The van der Waals surface area contributed by atoms with Gasteiger partial charge in [0, 0.05) is 45.0 Å². The number of carbonyl (C=O) groups excluding carboxylic acids is 1. The van der Waals surface area contributed by atoms with E-state index in [1.54, 1.807) is 16.3 Å². The van der Waals surface area contributed by atoms with Crippen LogP contribution in [0.1, 0.15) is 43.2 Å². The van der Waals surface area contributed by atoms with Crippen LogP contribution >= 0.6 is 0 Å². The van der Waals surface area contributed by atoms with E-state index >= 15 is 0 Å². The van der Waals surface area contributed by atoms with Crippen LogP contribution in [0.15, 0.2) is 18.2 Å². The Morgan fingerprint density at radius 1 is 1.07 bits per heavy atom. The number of nitrogens with one attached hydrogen (secondary N) is 1. The summed E-state index contributed by atoms with van der Waals surface area (Å²) in [6, 6.07) is 5.87. The lowest BCUT2D eigenvalue weighted by molar-refractivity contribution is 0.178. The van der Waals surface area contributed by atoms with Crippen LogP contribution in [0.4, 0.5) is 10.5 Å². The fourth-order valence-electron chi connectivity index (χ4n) is 4.00. The fraction of sp³-hybridized carbons (Fsp3) is 0.650. The van der Waals surface area contributed by atoms with E-state index in [0.717, 1.165) is 42.5 Å². The molecule has 3 rings (SSSR count). The van der Waals surface area contributed by atoms with Crippen molar-refractivity contribution in [3.8, 4) is 0 Å². The molecular weight excluding hydrogens is 376 g/mol. The minimum absolute atomic E-state index is 0.101. The molecule has 2 aliphatic rings. The monoisotopic (exact) mass is 408 g/mol. The van der Waals surface area contributed by atoms with Crippen LogP contribution in [-0.2, 0) is 10.2 Å². The highest BCUT2D eigenvalue weighted by Crippen LogP contribution is 2.25. The van der Waals surface area contributed by atoms with Gasteiger partial charge in [0.2, 0.25) is 0 Å². The van der Waals surface area contributed by atoms with Crippen molar-refractivity contribution in [2.24, 2.45) is 0 Å². The largest absolute Gasteiger partial charge is 0.322 e. The summed E-state index contributed by atoms with van der Waals surface area (Å²) in [4.78, 5) is 14.3. The van der Waals surface area contributed by atoms with Gasteiger partial charge in [-0.25, -0.2) is 4.79 Å². The molecule has 1 heterocycles. The topological polar surface area (TPSA) is 73.0 Å². The van der Waals surface area contributed by atoms with Gasteiger partial charge in [-0.1, -0.05) is 31.4 Å². The van der Waals surface area contributed by atoms with Crippen molar-refractivity contribution in [3.05, 3.63) is 29.3 Å². The normalized spacial score (nSPS) is 19.8. The molecule has 8 heteroatoms. The molecule has 1 aromatic rings. The minimum atomic E-state index is -3.47. The summed E-state index contributed by atoms with van der Waals surface area (Å²) in [5.74, 6) is 0. The van der Waals surface area contributed by atoms with Crippen LogP contribution < -0.4 is 5.32 Å². The summed E-state index contributed by atoms with van der Waals surface area (Å²) >= 11 is 0.